The van der Waals surface area contributed by atoms with Gasteiger partial charge in [0.2, 0.25) is 0 Å². The Hall–Kier alpha value is -2.27. The van der Waals surface area contributed by atoms with Gasteiger partial charge in [-0.15, -0.1) is 0 Å². The predicted molar refractivity (Wildman–Crippen MR) is 123 cm³/mol. The van der Waals surface area contributed by atoms with Gasteiger partial charge < -0.3 is 19.6 Å². The molecule has 1 aromatic heterocycles. The molecule has 0 aliphatic carbocycles. The molecule has 0 spiro atoms. The summed E-state index contributed by atoms with van der Waals surface area (Å²) in [5, 5.41) is 6.94. The monoisotopic (exact) mass is 494 g/mol. The molecule has 1 fully saturated rings. The fourth-order valence-corrected chi connectivity index (χ4v) is 4.32. The third kappa shape index (κ3) is 6.00. The summed E-state index contributed by atoms with van der Waals surface area (Å²) in [6, 6.07) is 5.87. The van der Waals surface area contributed by atoms with Crippen molar-refractivity contribution < 1.29 is 23.5 Å². The molecule has 2 aliphatic heterocycles. The van der Waals surface area contributed by atoms with Crippen molar-refractivity contribution in [3.8, 4) is 0 Å². The number of hydrogen-bond donors (Lipinski definition) is 1. The maximum Gasteiger partial charge on any atom is 0.270 e. The summed E-state index contributed by atoms with van der Waals surface area (Å²) >= 11 is 7.52. The highest BCUT2D eigenvalue weighted by molar-refractivity contribution is 7.98. The number of aromatic nitrogens is 2. The predicted octanol–water partition coefficient (Wildman–Crippen LogP) is 3.15. The van der Waals surface area contributed by atoms with Crippen LogP contribution in [0.5, 0.6) is 0 Å². The molecule has 8 nitrogen and oxygen atoms in total. The molecule has 1 amide bonds. The van der Waals surface area contributed by atoms with Gasteiger partial charge >= 0.3 is 0 Å². The number of rotatable bonds is 7. The molecule has 4 rings (SSSR count). The number of aryl methyl sites for hydroxylation is 1. The van der Waals surface area contributed by atoms with E-state index < -0.39 is 5.82 Å². The molecule has 1 saturated heterocycles. The Bertz CT molecular complexity index is 1050. The maximum atomic E-state index is 13.3. The van der Waals surface area contributed by atoms with Crippen LogP contribution in [0.3, 0.4) is 0 Å². The minimum atomic E-state index is -0.509. The number of ether oxygens (including phenoxy) is 2. The molecule has 176 valence electrons. The number of carbonyl (C=O) groups excluding carboxylic acids is 1. The minimum absolute atomic E-state index is 0.00262. The van der Waals surface area contributed by atoms with Crippen molar-refractivity contribution in [3.05, 3.63) is 57.9 Å². The summed E-state index contributed by atoms with van der Waals surface area (Å²) in [4.78, 5) is 26.9. The molecule has 2 aromatic rings. The number of carbonyl (C=O) groups is 1. The van der Waals surface area contributed by atoms with Crippen LogP contribution in [0.25, 0.3) is 0 Å². The van der Waals surface area contributed by atoms with E-state index in [9.17, 15) is 9.18 Å². The van der Waals surface area contributed by atoms with Crippen LogP contribution in [-0.4, -0.2) is 65.1 Å². The largest absolute Gasteiger partial charge is 0.389 e. The number of amides is 1. The number of thioether (sulfide) groups is 1. The third-order valence-electron chi connectivity index (χ3n) is 5.26. The standard InChI is InChI=1S/C22H24ClFN4O4S/c1-12-26-17(18-7-20(32-28-18)21-10-30-14(9-31-21)11-33-2)6-19(27-12)22(29)25-8-13-3-4-16(24)15(23)5-13/h3-6,14,20-21H,7-11H2,1-2H3,(H,25,29). The highest BCUT2D eigenvalue weighted by Gasteiger charge is 2.35. The van der Waals surface area contributed by atoms with Crippen LogP contribution in [0.15, 0.2) is 29.4 Å². The van der Waals surface area contributed by atoms with E-state index in [1.807, 2.05) is 6.26 Å². The molecular weight excluding hydrogens is 471 g/mol. The smallest absolute Gasteiger partial charge is 0.270 e. The van der Waals surface area contributed by atoms with Crippen LogP contribution >= 0.6 is 23.4 Å². The van der Waals surface area contributed by atoms with Gasteiger partial charge in [-0.05, 0) is 36.9 Å². The van der Waals surface area contributed by atoms with Gasteiger partial charge in [-0.3, -0.25) is 4.79 Å². The van der Waals surface area contributed by atoms with Gasteiger partial charge in [-0.1, -0.05) is 22.8 Å². The molecule has 11 heteroatoms. The zero-order valence-corrected chi connectivity index (χ0v) is 19.8. The average molecular weight is 495 g/mol. The van der Waals surface area contributed by atoms with Crippen molar-refractivity contribution in [2.24, 2.45) is 5.16 Å². The first kappa shape index (κ1) is 23.9. The van der Waals surface area contributed by atoms with E-state index in [-0.39, 0.29) is 41.5 Å². The molecular formula is C22H24ClFN4O4S. The highest BCUT2D eigenvalue weighted by atomic mass is 35.5. The molecule has 33 heavy (non-hydrogen) atoms. The van der Waals surface area contributed by atoms with Crippen LogP contribution in [-0.2, 0) is 20.9 Å². The summed E-state index contributed by atoms with van der Waals surface area (Å²) in [5.74, 6) is 0.428. The van der Waals surface area contributed by atoms with Gasteiger partial charge in [0, 0.05) is 18.7 Å². The van der Waals surface area contributed by atoms with Crippen molar-refractivity contribution in [1.82, 2.24) is 15.3 Å². The Morgan fingerprint density at radius 1 is 1.24 bits per heavy atom. The molecule has 3 unspecified atom stereocenters. The lowest BCUT2D eigenvalue weighted by Gasteiger charge is -2.31. The molecule has 0 saturated carbocycles. The Labute approximate surface area is 200 Å². The van der Waals surface area contributed by atoms with Crippen molar-refractivity contribution in [1.29, 1.82) is 0 Å². The number of hydrogen-bond acceptors (Lipinski definition) is 8. The van der Waals surface area contributed by atoms with E-state index in [2.05, 4.69) is 20.4 Å². The number of nitrogens with one attached hydrogen (secondary N) is 1. The molecule has 3 heterocycles. The van der Waals surface area contributed by atoms with Gasteiger partial charge in [-0.2, -0.15) is 11.8 Å². The van der Waals surface area contributed by atoms with Gasteiger partial charge in [-0.25, -0.2) is 14.4 Å². The Morgan fingerprint density at radius 3 is 2.82 bits per heavy atom. The number of halogens is 2. The van der Waals surface area contributed by atoms with Crippen LogP contribution in [0.1, 0.15) is 34.0 Å². The summed E-state index contributed by atoms with van der Waals surface area (Å²) in [6.45, 7) is 2.86. The third-order valence-corrected chi connectivity index (χ3v) is 6.25. The molecule has 2 aliphatic rings. The van der Waals surface area contributed by atoms with E-state index in [1.165, 1.54) is 12.1 Å². The van der Waals surface area contributed by atoms with E-state index in [0.717, 1.165) is 5.75 Å². The fraction of sp³-hybridized carbons (Fsp3) is 0.455. The van der Waals surface area contributed by atoms with E-state index in [1.54, 1.807) is 30.8 Å². The zero-order valence-electron chi connectivity index (χ0n) is 18.2. The Balaban J connectivity index is 1.37. The lowest BCUT2D eigenvalue weighted by Crippen LogP contribution is -2.43. The molecule has 1 aromatic carbocycles. The molecule has 1 N–H and O–H groups in total. The Morgan fingerprint density at radius 2 is 2.09 bits per heavy atom. The van der Waals surface area contributed by atoms with Crippen LogP contribution in [0.4, 0.5) is 4.39 Å². The molecule has 0 bridgehead atoms. The first-order chi connectivity index (χ1) is 15.9. The van der Waals surface area contributed by atoms with Crippen molar-refractivity contribution in [2.75, 3.05) is 25.2 Å². The van der Waals surface area contributed by atoms with E-state index >= 15 is 0 Å². The zero-order chi connectivity index (χ0) is 23.4. The van der Waals surface area contributed by atoms with Gasteiger partial charge in [0.05, 0.1) is 30.0 Å². The van der Waals surface area contributed by atoms with Crippen LogP contribution in [0, 0.1) is 12.7 Å². The number of benzene rings is 1. The SMILES string of the molecule is CSCC1COC(C2CC(c3cc(C(=O)NCc4ccc(F)c(Cl)c4)nc(C)n3)=NO2)CO1. The second-order valence-electron chi connectivity index (χ2n) is 7.79. The number of nitrogens with zero attached hydrogens (tertiary/aromatic N) is 3. The average Bonchev–Trinajstić information content (AvgIpc) is 3.30. The summed E-state index contributed by atoms with van der Waals surface area (Å²) in [7, 11) is 0. The topological polar surface area (TPSA) is 94.9 Å². The van der Waals surface area contributed by atoms with Gasteiger partial charge in [0.1, 0.15) is 29.2 Å². The number of oxime groups is 1. The molecule has 3 atom stereocenters. The quantitative estimate of drug-likeness (QED) is 0.631. The normalized spacial score (nSPS) is 22.5. The van der Waals surface area contributed by atoms with Crippen molar-refractivity contribution >= 4 is 35.0 Å². The highest BCUT2D eigenvalue weighted by Crippen LogP contribution is 2.24. The minimum Gasteiger partial charge on any atom is -0.389 e. The van der Waals surface area contributed by atoms with Crippen LogP contribution in [0.2, 0.25) is 5.02 Å². The molecule has 0 radical (unpaired) electrons. The summed E-state index contributed by atoms with van der Waals surface area (Å²) in [6.07, 6.45) is 2.14. The fourth-order valence-electron chi connectivity index (χ4n) is 3.56. The first-order valence-electron chi connectivity index (χ1n) is 10.5. The van der Waals surface area contributed by atoms with Crippen LogP contribution < -0.4 is 5.32 Å². The summed E-state index contributed by atoms with van der Waals surface area (Å²) < 4.78 is 25.1. The lowest BCUT2D eigenvalue weighted by molar-refractivity contribution is -0.165. The van der Waals surface area contributed by atoms with E-state index in [0.29, 0.717) is 42.4 Å². The van der Waals surface area contributed by atoms with Crippen molar-refractivity contribution in [3.63, 3.8) is 0 Å². The maximum absolute atomic E-state index is 13.3. The first-order valence-corrected chi connectivity index (χ1v) is 12.2. The van der Waals surface area contributed by atoms with Gasteiger partial charge in [0.25, 0.3) is 5.91 Å². The summed E-state index contributed by atoms with van der Waals surface area (Å²) in [5.41, 5.74) is 2.03. The van der Waals surface area contributed by atoms with Gasteiger partial charge in [0.15, 0.2) is 6.10 Å². The second-order valence-corrected chi connectivity index (χ2v) is 9.10. The van der Waals surface area contributed by atoms with Crippen molar-refractivity contribution in [2.45, 2.75) is 38.2 Å². The lowest BCUT2D eigenvalue weighted by atomic mass is 10.0. The second kappa shape index (κ2) is 10.8. The van der Waals surface area contributed by atoms with E-state index in [4.69, 9.17) is 25.9 Å². The Kier molecular flexibility index (Phi) is 7.79.